The van der Waals surface area contributed by atoms with E-state index < -0.39 is 0 Å². The van der Waals surface area contributed by atoms with Crippen LogP contribution in [0.15, 0.2) is 24.3 Å². The van der Waals surface area contributed by atoms with Crippen molar-refractivity contribution in [2.24, 2.45) is 0 Å². The zero-order chi connectivity index (χ0) is 12.0. The van der Waals surface area contributed by atoms with Gasteiger partial charge in [-0.3, -0.25) is 0 Å². The first-order valence-electron chi connectivity index (χ1n) is 5.42. The van der Waals surface area contributed by atoms with Crippen molar-refractivity contribution in [1.82, 2.24) is 0 Å². The van der Waals surface area contributed by atoms with Crippen LogP contribution in [0.2, 0.25) is 0 Å². The highest BCUT2D eigenvalue weighted by atomic mass is 16.5. The molecule has 0 aliphatic heterocycles. The second kappa shape index (κ2) is 5.87. The molecule has 1 rings (SSSR count). The van der Waals surface area contributed by atoms with Gasteiger partial charge in [-0.15, -0.1) is 0 Å². The molecule has 0 radical (unpaired) electrons. The fourth-order valence-electron chi connectivity index (χ4n) is 1.48. The van der Waals surface area contributed by atoms with Crippen molar-refractivity contribution in [3.05, 3.63) is 29.8 Å². The van der Waals surface area contributed by atoms with Crippen LogP contribution in [0.3, 0.4) is 0 Å². The number of phenolic OH excluding ortho intramolecular Hbond substituents is 1. The van der Waals surface area contributed by atoms with Crippen molar-refractivity contribution < 1.29 is 14.6 Å². The minimum absolute atomic E-state index is 0.105. The molecule has 0 heterocycles. The van der Waals surface area contributed by atoms with Gasteiger partial charge in [0, 0.05) is 12.5 Å². The monoisotopic (exact) mass is 224 g/mol. The van der Waals surface area contributed by atoms with Gasteiger partial charge in [0.1, 0.15) is 5.75 Å². The van der Waals surface area contributed by atoms with E-state index in [-0.39, 0.29) is 5.41 Å². The summed E-state index contributed by atoms with van der Waals surface area (Å²) in [5.41, 5.74) is 0.969. The number of ether oxygens (including phenoxy) is 2. The summed E-state index contributed by atoms with van der Waals surface area (Å²) in [6.45, 7) is 6.00. The SMILES string of the molecule is COCCOCC(C)(C)c1cccc(O)c1. The van der Waals surface area contributed by atoms with Crippen LogP contribution in [0.5, 0.6) is 5.75 Å². The van der Waals surface area contributed by atoms with Crippen LogP contribution in [0.1, 0.15) is 19.4 Å². The summed E-state index contributed by atoms with van der Waals surface area (Å²) < 4.78 is 10.4. The fraction of sp³-hybridized carbons (Fsp3) is 0.538. The number of hydrogen-bond donors (Lipinski definition) is 1. The van der Waals surface area contributed by atoms with Gasteiger partial charge in [0.25, 0.3) is 0 Å². The van der Waals surface area contributed by atoms with Crippen LogP contribution in [-0.2, 0) is 14.9 Å². The van der Waals surface area contributed by atoms with Crippen LogP contribution in [0.4, 0.5) is 0 Å². The maximum atomic E-state index is 9.43. The highest BCUT2D eigenvalue weighted by Gasteiger charge is 2.21. The summed E-state index contributed by atoms with van der Waals surface area (Å²) in [6.07, 6.45) is 0. The van der Waals surface area contributed by atoms with Gasteiger partial charge in [-0.2, -0.15) is 0 Å². The Labute approximate surface area is 97.0 Å². The standard InChI is InChI=1S/C13H20O3/c1-13(2,10-16-8-7-15-3)11-5-4-6-12(14)9-11/h4-6,9,14H,7-8,10H2,1-3H3. The molecule has 0 aromatic heterocycles. The number of aromatic hydroxyl groups is 1. The molecule has 0 unspecified atom stereocenters. The lowest BCUT2D eigenvalue weighted by molar-refractivity contribution is 0.0484. The molecule has 0 bridgehead atoms. The van der Waals surface area contributed by atoms with E-state index in [2.05, 4.69) is 13.8 Å². The molecule has 0 spiro atoms. The van der Waals surface area contributed by atoms with E-state index in [1.807, 2.05) is 12.1 Å². The summed E-state index contributed by atoms with van der Waals surface area (Å²) in [6, 6.07) is 7.30. The van der Waals surface area contributed by atoms with E-state index in [1.165, 1.54) is 0 Å². The molecule has 0 amide bonds. The van der Waals surface area contributed by atoms with Crippen molar-refractivity contribution in [3.63, 3.8) is 0 Å². The Bertz CT molecular complexity index is 321. The van der Waals surface area contributed by atoms with E-state index in [4.69, 9.17) is 9.47 Å². The maximum Gasteiger partial charge on any atom is 0.115 e. The molecule has 3 heteroatoms. The zero-order valence-electron chi connectivity index (χ0n) is 10.2. The largest absolute Gasteiger partial charge is 0.508 e. The van der Waals surface area contributed by atoms with E-state index in [0.717, 1.165) is 5.56 Å². The van der Waals surface area contributed by atoms with Crippen LogP contribution >= 0.6 is 0 Å². The molecular formula is C13H20O3. The Morgan fingerprint density at radius 3 is 2.62 bits per heavy atom. The summed E-state index contributed by atoms with van der Waals surface area (Å²) in [5.74, 6) is 0.294. The molecule has 16 heavy (non-hydrogen) atoms. The minimum atomic E-state index is -0.105. The Hall–Kier alpha value is -1.06. The molecule has 1 aromatic carbocycles. The molecule has 0 aliphatic rings. The Morgan fingerprint density at radius 1 is 1.25 bits per heavy atom. The normalized spacial score (nSPS) is 11.7. The number of rotatable bonds is 6. The number of benzene rings is 1. The molecule has 0 aliphatic carbocycles. The third-order valence-corrected chi connectivity index (χ3v) is 2.52. The van der Waals surface area contributed by atoms with Crippen LogP contribution in [0, 0.1) is 0 Å². The summed E-state index contributed by atoms with van der Waals surface area (Å²) in [7, 11) is 1.66. The average molecular weight is 224 g/mol. The smallest absolute Gasteiger partial charge is 0.115 e. The molecule has 0 atom stereocenters. The molecule has 1 N–H and O–H groups in total. The van der Waals surface area contributed by atoms with Crippen molar-refractivity contribution in [3.8, 4) is 5.75 Å². The van der Waals surface area contributed by atoms with Gasteiger partial charge in [0.05, 0.1) is 19.8 Å². The van der Waals surface area contributed by atoms with Crippen LogP contribution < -0.4 is 0 Å². The van der Waals surface area contributed by atoms with E-state index in [1.54, 1.807) is 19.2 Å². The van der Waals surface area contributed by atoms with Gasteiger partial charge >= 0.3 is 0 Å². The lowest BCUT2D eigenvalue weighted by atomic mass is 9.85. The zero-order valence-corrected chi connectivity index (χ0v) is 10.2. The van der Waals surface area contributed by atoms with E-state index in [9.17, 15) is 5.11 Å². The predicted octanol–water partition coefficient (Wildman–Crippen LogP) is 2.33. The first kappa shape index (κ1) is 13.0. The molecule has 0 saturated carbocycles. The van der Waals surface area contributed by atoms with Crippen molar-refractivity contribution in [1.29, 1.82) is 0 Å². The molecule has 0 saturated heterocycles. The van der Waals surface area contributed by atoms with Crippen molar-refractivity contribution in [2.45, 2.75) is 19.3 Å². The second-order valence-electron chi connectivity index (χ2n) is 4.48. The third kappa shape index (κ3) is 3.83. The third-order valence-electron chi connectivity index (χ3n) is 2.52. The summed E-state index contributed by atoms with van der Waals surface area (Å²) in [4.78, 5) is 0. The Morgan fingerprint density at radius 2 is 2.00 bits per heavy atom. The topological polar surface area (TPSA) is 38.7 Å². The summed E-state index contributed by atoms with van der Waals surface area (Å²) >= 11 is 0. The predicted molar refractivity (Wildman–Crippen MR) is 63.8 cm³/mol. The molecular weight excluding hydrogens is 204 g/mol. The first-order chi connectivity index (χ1) is 7.56. The molecule has 3 nitrogen and oxygen atoms in total. The Balaban J connectivity index is 2.55. The molecule has 0 fully saturated rings. The van der Waals surface area contributed by atoms with Gasteiger partial charge in [-0.1, -0.05) is 26.0 Å². The number of hydrogen-bond acceptors (Lipinski definition) is 3. The van der Waals surface area contributed by atoms with E-state index in [0.29, 0.717) is 25.6 Å². The van der Waals surface area contributed by atoms with Crippen molar-refractivity contribution in [2.75, 3.05) is 26.9 Å². The van der Waals surface area contributed by atoms with Crippen LogP contribution in [-0.4, -0.2) is 32.0 Å². The lowest BCUT2D eigenvalue weighted by Crippen LogP contribution is -2.25. The fourth-order valence-corrected chi connectivity index (χ4v) is 1.48. The maximum absolute atomic E-state index is 9.43. The quantitative estimate of drug-likeness (QED) is 0.754. The minimum Gasteiger partial charge on any atom is -0.508 e. The van der Waals surface area contributed by atoms with Gasteiger partial charge < -0.3 is 14.6 Å². The van der Waals surface area contributed by atoms with Gasteiger partial charge in [0.15, 0.2) is 0 Å². The van der Waals surface area contributed by atoms with E-state index >= 15 is 0 Å². The highest BCUT2D eigenvalue weighted by molar-refractivity contribution is 5.32. The van der Waals surface area contributed by atoms with Gasteiger partial charge in [0.2, 0.25) is 0 Å². The summed E-state index contributed by atoms with van der Waals surface area (Å²) in [5, 5.41) is 9.43. The second-order valence-corrected chi connectivity index (χ2v) is 4.48. The molecule has 90 valence electrons. The van der Waals surface area contributed by atoms with Crippen LogP contribution in [0.25, 0.3) is 0 Å². The number of methoxy groups -OCH3 is 1. The number of phenols is 1. The van der Waals surface area contributed by atoms with Gasteiger partial charge in [-0.25, -0.2) is 0 Å². The Kier molecular flexibility index (Phi) is 4.77. The van der Waals surface area contributed by atoms with Crippen molar-refractivity contribution >= 4 is 0 Å². The first-order valence-corrected chi connectivity index (χ1v) is 5.42. The average Bonchev–Trinajstić information content (AvgIpc) is 2.24. The van der Waals surface area contributed by atoms with Gasteiger partial charge in [-0.05, 0) is 17.7 Å². The lowest BCUT2D eigenvalue weighted by Gasteiger charge is -2.25. The molecule has 1 aromatic rings. The highest BCUT2D eigenvalue weighted by Crippen LogP contribution is 2.26.